The van der Waals surface area contributed by atoms with Gasteiger partial charge in [0, 0.05) is 51.1 Å². The van der Waals surface area contributed by atoms with E-state index in [-0.39, 0.29) is 52.6 Å². The Labute approximate surface area is 387 Å². The maximum absolute atomic E-state index is 15.6. The zero-order valence-corrected chi connectivity index (χ0v) is 41.6. The van der Waals surface area contributed by atoms with E-state index in [1.807, 2.05) is 78.8 Å². The van der Waals surface area contributed by atoms with Crippen LogP contribution in [0.15, 0.2) is 70.2 Å². The van der Waals surface area contributed by atoms with E-state index < -0.39 is 80.9 Å². The molecule has 10 unspecified atom stereocenters. The van der Waals surface area contributed by atoms with E-state index in [1.54, 1.807) is 25.2 Å². The van der Waals surface area contributed by atoms with Crippen LogP contribution in [0.2, 0.25) is 0 Å². The number of phosphoric acid groups is 3. The number of allylic oxidation sites excluding steroid dienone is 4. The van der Waals surface area contributed by atoms with Crippen molar-refractivity contribution >= 4 is 58.7 Å². The molecule has 4 bridgehead atoms. The third-order valence-electron chi connectivity index (χ3n) is 13.5. The highest BCUT2D eigenvalue weighted by Crippen LogP contribution is 2.76. The highest BCUT2D eigenvalue weighted by Gasteiger charge is 2.85. The Morgan fingerprint density at radius 1 is 0.939 bits per heavy atom. The summed E-state index contributed by atoms with van der Waals surface area (Å²) in [5, 5.41) is 3.25. The number of ketones is 1. The number of carbonyl (C=O) groups excluding carboxylic acids is 2. The molecule has 17 nitrogen and oxygen atoms in total. The summed E-state index contributed by atoms with van der Waals surface area (Å²) in [6, 6.07) is 6.62. The first-order valence-electron chi connectivity index (χ1n) is 21.6. The second-order valence-corrected chi connectivity index (χ2v) is 24.6. The van der Waals surface area contributed by atoms with Crippen molar-refractivity contribution in [3.05, 3.63) is 82.0 Å². The molecule has 358 valence electrons. The van der Waals surface area contributed by atoms with Gasteiger partial charge in [-0.2, -0.15) is 8.62 Å². The van der Waals surface area contributed by atoms with Crippen LogP contribution in [0.25, 0.3) is 6.08 Å². The van der Waals surface area contributed by atoms with Crippen LogP contribution >= 0.6 is 35.2 Å². The van der Waals surface area contributed by atoms with Crippen LogP contribution in [0.4, 0.5) is 5.69 Å². The van der Waals surface area contributed by atoms with Gasteiger partial charge in [0.2, 0.25) is 0 Å². The van der Waals surface area contributed by atoms with Crippen LogP contribution in [-0.4, -0.2) is 66.1 Å². The van der Waals surface area contributed by atoms with Crippen LogP contribution < -0.4 is 19.3 Å². The Morgan fingerprint density at radius 2 is 1.64 bits per heavy atom. The number of rotatable bonds is 14. The lowest BCUT2D eigenvalue weighted by molar-refractivity contribution is -0.208. The number of hydrogen-bond donors (Lipinski definition) is 5. The predicted octanol–water partition coefficient (Wildman–Crippen LogP) is 9.46. The lowest BCUT2D eigenvalue weighted by Gasteiger charge is -2.65. The number of ether oxygens (including phenoxy) is 4. The number of esters is 1. The number of carbonyl (C=O) groups is 2. The molecular formula is C45H56NO16P3S. The number of hydrogen-bond acceptors (Lipinski definition) is 14. The minimum Gasteiger partial charge on any atom is -0.482 e. The molecule has 4 heterocycles. The molecule has 2 aromatic carbocycles. The Morgan fingerprint density at radius 3 is 2.30 bits per heavy atom. The molecule has 0 amide bonds. The van der Waals surface area contributed by atoms with Crippen molar-refractivity contribution in [1.82, 2.24) is 0 Å². The van der Waals surface area contributed by atoms with E-state index in [0.717, 1.165) is 16.0 Å². The van der Waals surface area contributed by atoms with Crippen molar-refractivity contribution in [2.45, 2.75) is 126 Å². The molecule has 21 heteroatoms. The molecule has 3 aliphatic carbocycles. The van der Waals surface area contributed by atoms with Crippen LogP contribution in [0.1, 0.15) is 104 Å². The molecular weight excluding hydrogens is 935 g/mol. The summed E-state index contributed by atoms with van der Waals surface area (Å²) in [6.07, 6.45) is 10.8. The van der Waals surface area contributed by atoms with Gasteiger partial charge in [-0.3, -0.25) is 9.69 Å². The minimum atomic E-state index is -5.98. The largest absolute Gasteiger partial charge is 0.536 e. The number of para-hydroxylation sites is 1. The quantitative estimate of drug-likeness (QED) is 0.0512. The normalized spacial score (nSPS) is 31.4. The van der Waals surface area contributed by atoms with Crippen molar-refractivity contribution in [3.8, 4) is 17.2 Å². The molecule has 0 radical (unpaired) electrons. The fraction of sp³-hybridized carbons (Fsp3) is 0.511. The zero-order valence-electron chi connectivity index (χ0n) is 38.1. The molecule has 10 atom stereocenters. The van der Waals surface area contributed by atoms with Crippen molar-refractivity contribution in [2.24, 2.45) is 17.8 Å². The van der Waals surface area contributed by atoms with E-state index in [2.05, 4.69) is 20.0 Å². The second-order valence-electron chi connectivity index (χ2n) is 19.0. The molecule has 3 saturated carbocycles. The first-order chi connectivity index (χ1) is 30.7. The first kappa shape index (κ1) is 48.9. The van der Waals surface area contributed by atoms with Crippen molar-refractivity contribution in [3.63, 3.8) is 0 Å². The van der Waals surface area contributed by atoms with Crippen LogP contribution in [-0.2, 0) is 47.8 Å². The number of thioether (sulfide) groups is 1. The predicted molar refractivity (Wildman–Crippen MR) is 245 cm³/mol. The van der Waals surface area contributed by atoms with Crippen molar-refractivity contribution < 1.29 is 75.0 Å². The van der Waals surface area contributed by atoms with Crippen molar-refractivity contribution in [1.29, 1.82) is 0 Å². The summed E-state index contributed by atoms with van der Waals surface area (Å²) in [4.78, 5) is 69.8. The monoisotopic (exact) mass is 991 g/mol. The Bertz CT molecular complexity index is 2670. The van der Waals surface area contributed by atoms with Gasteiger partial charge in [0.1, 0.15) is 17.1 Å². The summed E-state index contributed by atoms with van der Waals surface area (Å²) in [7, 11) is -16.3. The average Bonchev–Trinajstić information content (AvgIpc) is 3.27. The molecule has 9 rings (SSSR count). The van der Waals surface area contributed by atoms with Gasteiger partial charge in [-0.25, -0.2) is 18.5 Å². The van der Waals surface area contributed by atoms with Gasteiger partial charge in [-0.05, 0) is 105 Å². The number of Topliss-reactive ketones (excluding diaryl/α,β-unsaturated/α-hetero) is 1. The fourth-order valence-electron chi connectivity index (χ4n) is 11.0. The lowest BCUT2D eigenvalue weighted by atomic mass is 9.45. The molecule has 4 fully saturated rings. The average molecular weight is 992 g/mol. The molecule has 66 heavy (non-hydrogen) atoms. The van der Waals surface area contributed by atoms with E-state index >= 15 is 4.79 Å². The van der Waals surface area contributed by atoms with Crippen LogP contribution in [0.5, 0.6) is 17.2 Å². The number of anilines is 1. The summed E-state index contributed by atoms with van der Waals surface area (Å²) in [5.41, 5.74) is -1.27. The standard InChI is InChI=1S/C45H56NO16P3S/c1-24(2)13-12-20-43(8)21-19-28-36(57-43)27(17-16-25(3)4)37-33(38(28)59-64(52,53)62-65(54,55)61-63(49,50)51)35-34-39(66-31-15-11-10-14-30(31)46-35)29-23-32-42(6,7)60-44(40(29)47,45(32,34)58-37)22-18-26(5)41(48)56-9/h10-11,13-16,18-19,21,29,32,34-35,39,46H,12,17,20,22-23H2,1-9H3,(H,52,53)(H,54,55)(H2,49,50,51)/b26-18-. The molecule has 7 aliphatic rings. The molecule has 1 spiro atoms. The van der Waals surface area contributed by atoms with E-state index in [0.29, 0.717) is 30.5 Å². The Balaban J connectivity index is 1.46. The highest BCUT2D eigenvalue weighted by molar-refractivity contribution is 8.00. The zero-order chi connectivity index (χ0) is 48.2. The molecule has 1 saturated heterocycles. The van der Waals surface area contributed by atoms with E-state index in [1.165, 1.54) is 18.9 Å². The number of methoxy groups -OCH3 is 1. The van der Waals surface area contributed by atoms with Gasteiger partial charge < -0.3 is 43.5 Å². The summed E-state index contributed by atoms with van der Waals surface area (Å²) >= 11 is 1.52. The van der Waals surface area contributed by atoms with Gasteiger partial charge in [0.25, 0.3) is 0 Å². The van der Waals surface area contributed by atoms with Crippen molar-refractivity contribution in [2.75, 3.05) is 12.4 Å². The number of fused-ring (bicyclic) bond motifs is 4. The van der Waals surface area contributed by atoms with Gasteiger partial charge in [0.05, 0.1) is 29.9 Å². The number of phosphoric ester groups is 1. The topological polar surface area (TPSA) is 243 Å². The molecule has 4 aliphatic heterocycles. The summed E-state index contributed by atoms with van der Waals surface area (Å²) in [5.74, 6) is -2.51. The fourth-order valence-corrected chi connectivity index (χ4v) is 15.6. The summed E-state index contributed by atoms with van der Waals surface area (Å²) < 4.78 is 80.0. The molecule has 0 aromatic heterocycles. The molecule has 5 N–H and O–H groups in total. The van der Waals surface area contributed by atoms with Crippen LogP contribution in [0, 0.1) is 17.8 Å². The van der Waals surface area contributed by atoms with Gasteiger partial charge in [-0.1, -0.05) is 41.5 Å². The smallest absolute Gasteiger partial charge is 0.482 e. The first-order valence-corrected chi connectivity index (χ1v) is 27.0. The maximum atomic E-state index is 15.6. The second kappa shape index (κ2) is 16.9. The van der Waals surface area contributed by atoms with E-state index in [4.69, 9.17) is 23.5 Å². The highest BCUT2D eigenvalue weighted by atomic mass is 32.2. The maximum Gasteiger partial charge on any atom is 0.536 e. The van der Waals surface area contributed by atoms with E-state index in [9.17, 15) is 38.1 Å². The SMILES string of the molecule is COC(=O)/C(C)=C\CC12OC(C)(C)C3CC(C1=O)C1Sc4ccccc4NC4c5c(OP(=O)(O)OP(=O)(O)OP(=O)(O)O)c6c(c(CC=C(C)C)c5OC32C41)OC(C)(CCC=C(C)C)C=C6. The number of benzene rings is 2. The third-order valence-corrected chi connectivity index (χ3v) is 18.7. The van der Waals surface area contributed by atoms with Gasteiger partial charge in [-0.15, -0.1) is 11.8 Å². The number of nitrogens with one attached hydrogen (secondary N) is 1. The minimum absolute atomic E-state index is 0.0591. The molecule has 2 aromatic rings. The van der Waals surface area contributed by atoms with Gasteiger partial charge in [0.15, 0.2) is 22.7 Å². The Kier molecular flexibility index (Phi) is 12.5. The Hall–Kier alpha value is -3.50. The third kappa shape index (κ3) is 8.42. The lowest BCUT2D eigenvalue weighted by Crippen LogP contribution is -2.79. The van der Waals surface area contributed by atoms with Gasteiger partial charge >= 0.3 is 29.4 Å². The summed E-state index contributed by atoms with van der Waals surface area (Å²) in [6.45, 7) is 15.2. The van der Waals surface area contributed by atoms with Crippen LogP contribution in [0.3, 0.4) is 0 Å².